The van der Waals surface area contributed by atoms with Crippen LogP contribution in [-0.4, -0.2) is 42.1 Å². The summed E-state index contributed by atoms with van der Waals surface area (Å²) in [6.07, 6.45) is 0.526. The first-order valence-corrected chi connectivity index (χ1v) is 9.02. The van der Waals surface area contributed by atoms with Gasteiger partial charge in [0.1, 0.15) is 22.7 Å². The Labute approximate surface area is 140 Å². The molecule has 0 radical (unpaired) electrons. The molecule has 126 valence electrons. The molecule has 2 N–H and O–H groups in total. The van der Waals surface area contributed by atoms with E-state index in [-0.39, 0.29) is 12.6 Å². The molecule has 2 amide bonds. The van der Waals surface area contributed by atoms with Crippen molar-refractivity contribution in [2.24, 2.45) is 0 Å². The fourth-order valence-corrected chi connectivity index (χ4v) is 2.65. The van der Waals surface area contributed by atoms with E-state index in [0.717, 1.165) is 0 Å². The van der Waals surface area contributed by atoms with Gasteiger partial charge in [0.05, 0.1) is 18.1 Å². The van der Waals surface area contributed by atoms with Crippen molar-refractivity contribution in [3.05, 3.63) is 24.3 Å². The molecule has 0 saturated carbocycles. The highest BCUT2D eigenvalue weighted by Crippen LogP contribution is 2.14. The minimum atomic E-state index is -1.59. The minimum absolute atomic E-state index is 0.171. The summed E-state index contributed by atoms with van der Waals surface area (Å²) in [4.78, 5) is 23.8. The molecular formula is C14H17ClN2O5S. The highest BCUT2D eigenvalue weighted by molar-refractivity contribution is 8.08. The number of rotatable bonds is 5. The summed E-state index contributed by atoms with van der Waals surface area (Å²) in [5.41, 5.74) is 0.514. The lowest BCUT2D eigenvalue weighted by atomic mass is 10.2. The van der Waals surface area contributed by atoms with E-state index in [1.165, 1.54) is 0 Å². The molecule has 0 bridgehead atoms. The number of alkyl carbamates (subject to hydrolysis) is 1. The van der Waals surface area contributed by atoms with Crippen molar-refractivity contribution in [2.45, 2.75) is 23.8 Å². The van der Waals surface area contributed by atoms with Crippen molar-refractivity contribution < 1.29 is 23.3 Å². The first-order valence-electron chi connectivity index (χ1n) is 7.05. The first-order chi connectivity index (χ1) is 11.0. The third-order valence-electron chi connectivity index (χ3n) is 3.16. The Hall–Kier alpha value is -1.64. The van der Waals surface area contributed by atoms with E-state index in [4.69, 9.17) is 20.2 Å². The van der Waals surface area contributed by atoms with E-state index in [0.29, 0.717) is 36.6 Å². The maximum absolute atomic E-state index is 11.7. The standard InChI is InChI=1S/C14H17ClN2O5S/c15-23(20)12-3-1-10(2-4-12)17-13(18)9-16-14(19)22-11-5-7-21-8-6-11/h1-4,11H,5-9H2,(H,16,19)(H,17,18). The van der Waals surface area contributed by atoms with Gasteiger partial charge in [-0.15, -0.1) is 0 Å². The SMILES string of the molecule is O=C(CNC(=O)OC1CCOCC1)Nc1ccc(S(=O)Cl)cc1. The number of nitrogens with one attached hydrogen (secondary N) is 2. The van der Waals surface area contributed by atoms with Crippen LogP contribution in [0.15, 0.2) is 29.2 Å². The monoisotopic (exact) mass is 360 g/mol. The van der Waals surface area contributed by atoms with E-state index in [9.17, 15) is 13.8 Å². The summed E-state index contributed by atoms with van der Waals surface area (Å²) in [5, 5.41) is 4.99. The topological polar surface area (TPSA) is 93.7 Å². The molecule has 0 spiro atoms. The molecule has 1 aromatic rings. The molecule has 2 rings (SSSR count). The van der Waals surface area contributed by atoms with Crippen LogP contribution < -0.4 is 10.6 Å². The Kier molecular flexibility index (Phi) is 6.82. The second-order valence-corrected chi connectivity index (χ2v) is 6.63. The van der Waals surface area contributed by atoms with Gasteiger partial charge in [0, 0.05) is 18.5 Å². The molecule has 1 aliphatic rings. The van der Waals surface area contributed by atoms with E-state index in [2.05, 4.69) is 10.6 Å². The summed E-state index contributed by atoms with van der Waals surface area (Å²) in [6.45, 7) is 0.939. The van der Waals surface area contributed by atoms with Gasteiger partial charge in [0.25, 0.3) is 0 Å². The van der Waals surface area contributed by atoms with Crippen molar-refractivity contribution in [1.82, 2.24) is 5.32 Å². The Morgan fingerprint density at radius 3 is 2.52 bits per heavy atom. The Morgan fingerprint density at radius 2 is 1.91 bits per heavy atom. The smallest absolute Gasteiger partial charge is 0.407 e. The van der Waals surface area contributed by atoms with Crippen molar-refractivity contribution in [1.29, 1.82) is 0 Å². The summed E-state index contributed by atoms with van der Waals surface area (Å²) in [6, 6.07) is 6.25. The van der Waals surface area contributed by atoms with Crippen molar-refractivity contribution in [2.75, 3.05) is 25.1 Å². The van der Waals surface area contributed by atoms with Crippen molar-refractivity contribution in [3.8, 4) is 0 Å². The third kappa shape index (κ3) is 6.17. The number of halogens is 1. The van der Waals surface area contributed by atoms with Gasteiger partial charge in [0.2, 0.25) is 5.91 Å². The Bertz CT molecular complexity index is 575. The predicted octanol–water partition coefficient (Wildman–Crippen LogP) is 1.79. The molecule has 7 nitrogen and oxygen atoms in total. The molecule has 23 heavy (non-hydrogen) atoms. The molecule has 1 heterocycles. The molecule has 1 aliphatic heterocycles. The lowest BCUT2D eigenvalue weighted by Crippen LogP contribution is -2.36. The van der Waals surface area contributed by atoms with Crippen LogP contribution in [0.4, 0.5) is 10.5 Å². The normalized spacial score (nSPS) is 16.4. The van der Waals surface area contributed by atoms with Gasteiger partial charge in [-0.1, -0.05) is 0 Å². The number of benzene rings is 1. The highest BCUT2D eigenvalue weighted by Gasteiger charge is 2.18. The van der Waals surface area contributed by atoms with E-state index < -0.39 is 22.0 Å². The molecule has 1 aromatic carbocycles. The minimum Gasteiger partial charge on any atom is -0.446 e. The number of hydrogen-bond donors (Lipinski definition) is 2. The van der Waals surface area contributed by atoms with Crippen molar-refractivity contribution in [3.63, 3.8) is 0 Å². The van der Waals surface area contributed by atoms with Crippen molar-refractivity contribution >= 4 is 38.4 Å². The molecule has 0 aromatic heterocycles. The molecule has 1 unspecified atom stereocenters. The largest absolute Gasteiger partial charge is 0.446 e. The molecule has 1 fully saturated rings. The highest BCUT2D eigenvalue weighted by atomic mass is 35.7. The van der Waals surface area contributed by atoms with Crippen LogP contribution in [0.3, 0.4) is 0 Å². The molecule has 9 heteroatoms. The summed E-state index contributed by atoms with van der Waals surface area (Å²) in [7, 11) is 3.86. The fraction of sp³-hybridized carbons (Fsp3) is 0.429. The van der Waals surface area contributed by atoms with Crippen LogP contribution in [-0.2, 0) is 24.3 Å². The van der Waals surface area contributed by atoms with Gasteiger partial charge >= 0.3 is 6.09 Å². The number of amides is 2. The van der Waals surface area contributed by atoms with Gasteiger partial charge in [-0.05, 0) is 34.9 Å². The molecule has 1 atom stereocenters. The first kappa shape index (κ1) is 17.7. The molecule has 1 saturated heterocycles. The van der Waals surface area contributed by atoms with E-state index in [1.54, 1.807) is 24.3 Å². The van der Waals surface area contributed by atoms with E-state index in [1.807, 2.05) is 0 Å². The fourth-order valence-electron chi connectivity index (χ4n) is 1.99. The quantitative estimate of drug-likeness (QED) is 0.781. The maximum atomic E-state index is 11.7. The Morgan fingerprint density at radius 1 is 1.26 bits per heavy atom. The van der Waals surface area contributed by atoms with Crippen LogP contribution in [0.5, 0.6) is 0 Å². The van der Waals surface area contributed by atoms with Gasteiger partial charge in [-0.3, -0.25) is 4.79 Å². The summed E-state index contributed by atoms with van der Waals surface area (Å²) in [5.74, 6) is -0.395. The average molecular weight is 361 g/mol. The third-order valence-corrected chi connectivity index (χ3v) is 4.34. The molecule has 0 aliphatic carbocycles. The zero-order valence-electron chi connectivity index (χ0n) is 12.2. The lowest BCUT2D eigenvalue weighted by Gasteiger charge is -2.22. The van der Waals surface area contributed by atoms with E-state index >= 15 is 0 Å². The Balaban J connectivity index is 1.71. The number of hydrogen-bond acceptors (Lipinski definition) is 5. The van der Waals surface area contributed by atoms with Gasteiger partial charge in [-0.25, -0.2) is 9.00 Å². The number of carbonyl (C=O) groups is 2. The molecular weight excluding hydrogens is 344 g/mol. The van der Waals surface area contributed by atoms with Gasteiger partial charge in [-0.2, -0.15) is 0 Å². The maximum Gasteiger partial charge on any atom is 0.407 e. The summed E-state index contributed by atoms with van der Waals surface area (Å²) >= 11 is 0. The van der Waals surface area contributed by atoms with Gasteiger partial charge in [0.15, 0.2) is 0 Å². The number of ether oxygens (including phenoxy) is 2. The van der Waals surface area contributed by atoms with Crippen LogP contribution in [0.2, 0.25) is 0 Å². The van der Waals surface area contributed by atoms with Gasteiger partial charge < -0.3 is 20.1 Å². The average Bonchev–Trinajstić information content (AvgIpc) is 2.54. The van der Waals surface area contributed by atoms with Crippen LogP contribution in [0.25, 0.3) is 0 Å². The zero-order valence-corrected chi connectivity index (χ0v) is 13.8. The second-order valence-electron chi connectivity index (χ2n) is 4.87. The predicted molar refractivity (Wildman–Crippen MR) is 85.7 cm³/mol. The number of anilines is 1. The van der Waals surface area contributed by atoms with Crippen LogP contribution in [0, 0.1) is 0 Å². The van der Waals surface area contributed by atoms with Crippen LogP contribution >= 0.6 is 10.7 Å². The lowest BCUT2D eigenvalue weighted by molar-refractivity contribution is -0.115. The second kappa shape index (κ2) is 8.85. The summed E-state index contributed by atoms with van der Waals surface area (Å²) < 4.78 is 21.4. The van der Waals surface area contributed by atoms with Crippen LogP contribution in [0.1, 0.15) is 12.8 Å². The zero-order chi connectivity index (χ0) is 16.7. The number of carbonyl (C=O) groups excluding carboxylic acids is 2.